The van der Waals surface area contributed by atoms with E-state index in [-0.39, 0.29) is 23.5 Å². The minimum atomic E-state index is -0.612. The quantitative estimate of drug-likeness (QED) is 0.611. The summed E-state index contributed by atoms with van der Waals surface area (Å²) >= 11 is 4.19. The number of carbonyl (C=O) groups excluding carboxylic acids is 2. The van der Waals surface area contributed by atoms with Crippen LogP contribution in [0.3, 0.4) is 0 Å². The summed E-state index contributed by atoms with van der Waals surface area (Å²) in [5.41, 5.74) is 4.47. The standard InChI is InChI=1S/C10H20N2O2S/c1-6(2)8(15)9(14)12-10(3,4)5-7(11)13/h6,8,15H,5H2,1-4H3,(H2,11,13)(H,12,14). The Morgan fingerprint density at radius 2 is 1.87 bits per heavy atom. The molecule has 0 saturated carbocycles. The van der Waals surface area contributed by atoms with Gasteiger partial charge < -0.3 is 11.1 Å². The molecule has 1 atom stereocenters. The maximum absolute atomic E-state index is 11.6. The van der Waals surface area contributed by atoms with Crippen LogP contribution in [0.1, 0.15) is 34.1 Å². The van der Waals surface area contributed by atoms with Gasteiger partial charge >= 0.3 is 0 Å². The Kier molecular flexibility index (Phi) is 5.14. The van der Waals surface area contributed by atoms with Crippen molar-refractivity contribution in [2.45, 2.75) is 44.9 Å². The summed E-state index contributed by atoms with van der Waals surface area (Å²) in [5.74, 6) is -0.446. The van der Waals surface area contributed by atoms with E-state index in [1.165, 1.54) is 0 Å². The van der Waals surface area contributed by atoms with Crippen molar-refractivity contribution in [3.63, 3.8) is 0 Å². The highest BCUT2D eigenvalue weighted by molar-refractivity contribution is 7.81. The summed E-state index contributed by atoms with van der Waals surface area (Å²) in [6.45, 7) is 7.35. The highest BCUT2D eigenvalue weighted by Crippen LogP contribution is 2.13. The number of hydrogen-bond donors (Lipinski definition) is 3. The van der Waals surface area contributed by atoms with Crippen LogP contribution in [0.2, 0.25) is 0 Å². The van der Waals surface area contributed by atoms with Crippen LogP contribution in [0.25, 0.3) is 0 Å². The Hall–Kier alpha value is -0.710. The Bertz CT molecular complexity index is 252. The topological polar surface area (TPSA) is 72.2 Å². The molecule has 4 nitrogen and oxygen atoms in total. The Balaban J connectivity index is 4.33. The van der Waals surface area contributed by atoms with Gasteiger partial charge in [0.1, 0.15) is 0 Å². The molecule has 0 aromatic rings. The first kappa shape index (κ1) is 14.3. The molecule has 0 aromatic heterocycles. The van der Waals surface area contributed by atoms with Crippen LogP contribution in [0, 0.1) is 5.92 Å². The van der Waals surface area contributed by atoms with Crippen molar-refractivity contribution in [3.8, 4) is 0 Å². The van der Waals surface area contributed by atoms with Gasteiger partial charge in [0, 0.05) is 12.0 Å². The van der Waals surface area contributed by atoms with Crippen molar-refractivity contribution in [3.05, 3.63) is 0 Å². The summed E-state index contributed by atoms with van der Waals surface area (Å²) in [5, 5.41) is 2.39. The monoisotopic (exact) mass is 232 g/mol. The van der Waals surface area contributed by atoms with Crippen molar-refractivity contribution in [2.75, 3.05) is 0 Å². The van der Waals surface area contributed by atoms with Gasteiger partial charge in [0.25, 0.3) is 0 Å². The summed E-state index contributed by atoms with van der Waals surface area (Å²) in [6, 6.07) is 0. The average Bonchev–Trinajstić information content (AvgIpc) is 1.98. The molecule has 5 heteroatoms. The molecule has 0 spiro atoms. The first-order valence-corrected chi connectivity index (χ1v) is 5.46. The molecule has 1 unspecified atom stereocenters. The molecule has 0 aliphatic carbocycles. The average molecular weight is 232 g/mol. The van der Waals surface area contributed by atoms with Crippen molar-refractivity contribution < 1.29 is 9.59 Å². The van der Waals surface area contributed by atoms with Gasteiger partial charge in [0.05, 0.1) is 5.25 Å². The van der Waals surface area contributed by atoms with E-state index in [2.05, 4.69) is 17.9 Å². The van der Waals surface area contributed by atoms with Gasteiger partial charge in [-0.15, -0.1) is 0 Å². The third-order valence-corrected chi connectivity index (χ3v) is 2.81. The minimum Gasteiger partial charge on any atom is -0.370 e. The smallest absolute Gasteiger partial charge is 0.233 e. The van der Waals surface area contributed by atoms with Crippen molar-refractivity contribution in [1.82, 2.24) is 5.32 Å². The lowest BCUT2D eigenvalue weighted by atomic mass is 9.99. The third-order valence-electron chi connectivity index (χ3n) is 1.98. The molecule has 0 bridgehead atoms. The van der Waals surface area contributed by atoms with Gasteiger partial charge in [0.15, 0.2) is 0 Å². The fraction of sp³-hybridized carbons (Fsp3) is 0.800. The lowest BCUT2D eigenvalue weighted by Crippen LogP contribution is -2.49. The summed E-state index contributed by atoms with van der Waals surface area (Å²) < 4.78 is 0. The zero-order chi connectivity index (χ0) is 12.2. The van der Waals surface area contributed by atoms with Crippen LogP contribution < -0.4 is 11.1 Å². The normalized spacial score (nSPS) is 13.7. The molecular weight excluding hydrogens is 212 g/mol. The maximum atomic E-state index is 11.6. The summed E-state index contributed by atoms with van der Waals surface area (Å²) in [4.78, 5) is 22.4. The van der Waals surface area contributed by atoms with Crippen molar-refractivity contribution in [2.24, 2.45) is 11.7 Å². The van der Waals surface area contributed by atoms with Gasteiger partial charge in [-0.1, -0.05) is 13.8 Å². The van der Waals surface area contributed by atoms with Gasteiger partial charge in [-0.2, -0.15) is 12.6 Å². The van der Waals surface area contributed by atoms with E-state index in [0.717, 1.165) is 0 Å². The fourth-order valence-corrected chi connectivity index (χ4v) is 1.25. The number of amides is 2. The first-order valence-electron chi connectivity index (χ1n) is 4.94. The number of hydrogen-bond acceptors (Lipinski definition) is 3. The molecular formula is C10H20N2O2S. The molecule has 0 radical (unpaired) electrons. The lowest BCUT2D eigenvalue weighted by molar-refractivity contribution is -0.124. The predicted octanol–water partition coefficient (Wildman–Crippen LogP) is 0.711. The molecule has 2 amide bonds. The number of carbonyl (C=O) groups is 2. The second kappa shape index (κ2) is 5.39. The molecule has 0 rings (SSSR count). The van der Waals surface area contributed by atoms with Gasteiger partial charge in [-0.05, 0) is 19.8 Å². The van der Waals surface area contributed by atoms with Crippen LogP contribution >= 0.6 is 12.6 Å². The van der Waals surface area contributed by atoms with Crippen LogP contribution in [-0.2, 0) is 9.59 Å². The highest BCUT2D eigenvalue weighted by Gasteiger charge is 2.26. The summed E-state index contributed by atoms with van der Waals surface area (Å²) in [7, 11) is 0. The number of thiol groups is 1. The lowest BCUT2D eigenvalue weighted by Gasteiger charge is -2.27. The Morgan fingerprint density at radius 3 is 2.20 bits per heavy atom. The van der Waals surface area contributed by atoms with E-state index < -0.39 is 11.4 Å². The van der Waals surface area contributed by atoms with E-state index in [1.807, 2.05) is 13.8 Å². The van der Waals surface area contributed by atoms with E-state index in [9.17, 15) is 9.59 Å². The van der Waals surface area contributed by atoms with Crippen LogP contribution in [0.15, 0.2) is 0 Å². The molecule has 0 aromatic carbocycles. The molecule has 0 fully saturated rings. The third kappa shape index (κ3) is 5.67. The zero-order valence-electron chi connectivity index (χ0n) is 9.70. The summed E-state index contributed by atoms with van der Waals surface area (Å²) in [6.07, 6.45) is 0.122. The second-order valence-electron chi connectivity index (χ2n) is 4.71. The molecule has 15 heavy (non-hydrogen) atoms. The fourth-order valence-electron chi connectivity index (χ4n) is 1.19. The zero-order valence-corrected chi connectivity index (χ0v) is 10.6. The molecule has 0 saturated heterocycles. The molecule has 0 aliphatic heterocycles. The van der Waals surface area contributed by atoms with Gasteiger partial charge in [-0.3, -0.25) is 9.59 Å². The molecule has 0 aliphatic rings. The minimum absolute atomic E-state index is 0.122. The molecule has 3 N–H and O–H groups in total. The second-order valence-corrected chi connectivity index (χ2v) is 5.26. The number of rotatable bonds is 5. The molecule has 88 valence electrons. The Morgan fingerprint density at radius 1 is 1.40 bits per heavy atom. The van der Waals surface area contributed by atoms with Gasteiger partial charge in [0.2, 0.25) is 11.8 Å². The highest BCUT2D eigenvalue weighted by atomic mass is 32.1. The van der Waals surface area contributed by atoms with Crippen LogP contribution in [-0.4, -0.2) is 22.6 Å². The van der Waals surface area contributed by atoms with E-state index in [0.29, 0.717) is 0 Å². The van der Waals surface area contributed by atoms with Gasteiger partial charge in [-0.25, -0.2) is 0 Å². The number of nitrogens with two attached hydrogens (primary N) is 1. The SMILES string of the molecule is CC(C)C(S)C(=O)NC(C)(C)CC(N)=O. The van der Waals surface area contributed by atoms with E-state index >= 15 is 0 Å². The number of nitrogens with one attached hydrogen (secondary N) is 1. The van der Waals surface area contributed by atoms with Crippen LogP contribution in [0.4, 0.5) is 0 Å². The predicted molar refractivity (Wildman–Crippen MR) is 63.6 cm³/mol. The first-order chi connectivity index (χ1) is 6.65. The largest absolute Gasteiger partial charge is 0.370 e. The van der Waals surface area contributed by atoms with E-state index in [1.54, 1.807) is 13.8 Å². The van der Waals surface area contributed by atoms with E-state index in [4.69, 9.17) is 5.73 Å². The number of primary amides is 1. The Labute approximate surface area is 96.4 Å². The van der Waals surface area contributed by atoms with Crippen molar-refractivity contribution in [1.29, 1.82) is 0 Å². The maximum Gasteiger partial charge on any atom is 0.233 e. The molecule has 0 heterocycles. The van der Waals surface area contributed by atoms with Crippen molar-refractivity contribution >= 4 is 24.4 Å². The van der Waals surface area contributed by atoms with Crippen LogP contribution in [0.5, 0.6) is 0 Å².